The van der Waals surface area contributed by atoms with Crippen LogP contribution < -0.4 is 4.74 Å². The maximum atomic E-state index is 14.3. The largest absolute Gasteiger partial charge is 0.494 e. The van der Waals surface area contributed by atoms with Gasteiger partial charge in [-0.05, 0) is 55.7 Å². The van der Waals surface area contributed by atoms with Crippen molar-refractivity contribution in [1.29, 1.82) is 0 Å². The normalized spacial score (nSPS) is 10.1. The summed E-state index contributed by atoms with van der Waals surface area (Å²) in [6, 6.07) is 9.75. The van der Waals surface area contributed by atoms with E-state index in [9.17, 15) is 8.78 Å². The summed E-state index contributed by atoms with van der Waals surface area (Å²) in [4.78, 5) is 0. The Morgan fingerprint density at radius 2 is 1.47 bits per heavy atom. The molecule has 2 aromatic carbocycles. The van der Waals surface area contributed by atoms with E-state index in [4.69, 9.17) is 4.74 Å². The highest BCUT2D eigenvalue weighted by Crippen LogP contribution is 2.16. The lowest BCUT2D eigenvalue weighted by Crippen LogP contribution is -1.97. The first-order chi connectivity index (χ1) is 15.6. The van der Waals surface area contributed by atoms with E-state index in [0.29, 0.717) is 24.2 Å². The van der Waals surface area contributed by atoms with E-state index in [2.05, 4.69) is 46.5 Å². The smallest absolute Gasteiger partial charge is 0.143 e. The molecule has 4 heteroatoms. The van der Waals surface area contributed by atoms with Crippen molar-refractivity contribution in [3.05, 3.63) is 64.7 Å². The maximum Gasteiger partial charge on any atom is 0.143 e. The molecule has 2 aromatic rings. The maximum absolute atomic E-state index is 14.3. The van der Waals surface area contributed by atoms with Crippen LogP contribution in [0.1, 0.15) is 81.4 Å². The molecule has 0 bridgehead atoms. The van der Waals surface area contributed by atoms with Crippen molar-refractivity contribution in [1.82, 2.24) is 0 Å². The van der Waals surface area contributed by atoms with Crippen molar-refractivity contribution in [2.24, 2.45) is 0 Å². The van der Waals surface area contributed by atoms with Crippen molar-refractivity contribution < 1.29 is 13.5 Å². The zero-order chi connectivity index (χ0) is 23.0. The van der Waals surface area contributed by atoms with Crippen LogP contribution in [-0.4, -0.2) is 11.9 Å². The molecule has 0 saturated carbocycles. The Kier molecular flexibility index (Phi) is 12.6. The fourth-order valence-corrected chi connectivity index (χ4v) is 3.48. The van der Waals surface area contributed by atoms with Crippen LogP contribution >= 0.6 is 15.9 Å². The van der Waals surface area contributed by atoms with Crippen molar-refractivity contribution in [2.75, 3.05) is 11.9 Å². The van der Waals surface area contributed by atoms with Crippen LogP contribution in [0.15, 0.2) is 36.4 Å². The summed E-state index contributed by atoms with van der Waals surface area (Å²) < 4.78 is 34.4. The van der Waals surface area contributed by atoms with Crippen LogP contribution in [0.2, 0.25) is 0 Å². The summed E-state index contributed by atoms with van der Waals surface area (Å²) in [6.07, 6.45) is 10.0. The minimum absolute atomic E-state index is 0.238. The van der Waals surface area contributed by atoms with E-state index in [1.54, 1.807) is 12.1 Å². The third-order valence-electron chi connectivity index (χ3n) is 4.91. The van der Waals surface area contributed by atoms with Gasteiger partial charge in [0.05, 0.1) is 12.2 Å². The fourth-order valence-electron chi connectivity index (χ4n) is 3.08. The number of alkyl halides is 1. The van der Waals surface area contributed by atoms with E-state index in [0.717, 1.165) is 30.3 Å². The van der Waals surface area contributed by atoms with Crippen molar-refractivity contribution in [3.8, 4) is 29.4 Å². The SMILES string of the molecule is CCCCCCCCOc1ccc(C#Cc2c(F)cc(C#CCCCCBr)cc2F)cc1. The standard InChI is InChI=1S/C28H31BrF2O/c1-2-3-4-5-8-11-20-32-25-16-13-23(14-17-25)15-18-26-27(30)21-24(22-28(26)31)12-9-6-7-10-19-29/h13-14,16-17,21-22H,2-8,10-11,19-20H2,1H3. The molecular formula is C28H31BrF2O. The Morgan fingerprint density at radius 3 is 2.16 bits per heavy atom. The van der Waals surface area contributed by atoms with Crippen molar-refractivity contribution in [2.45, 2.75) is 64.7 Å². The van der Waals surface area contributed by atoms with Gasteiger partial charge in [0, 0.05) is 22.9 Å². The third kappa shape index (κ3) is 9.88. The second-order valence-corrected chi connectivity index (χ2v) is 8.45. The number of halogens is 3. The molecule has 0 amide bonds. The van der Waals surface area contributed by atoms with Crippen LogP contribution in [0.25, 0.3) is 0 Å². The molecule has 0 spiro atoms. The molecule has 0 heterocycles. The summed E-state index contributed by atoms with van der Waals surface area (Å²) in [5.74, 6) is 10.6. The van der Waals surface area contributed by atoms with E-state index in [-0.39, 0.29) is 5.56 Å². The Labute approximate surface area is 200 Å². The molecule has 32 heavy (non-hydrogen) atoms. The number of rotatable bonds is 11. The average molecular weight is 501 g/mol. The molecule has 0 fully saturated rings. The van der Waals surface area contributed by atoms with Gasteiger partial charge in [-0.1, -0.05) is 78.6 Å². The third-order valence-corrected chi connectivity index (χ3v) is 5.47. The monoisotopic (exact) mass is 500 g/mol. The van der Waals surface area contributed by atoms with Gasteiger partial charge in [-0.3, -0.25) is 0 Å². The molecule has 0 aliphatic carbocycles. The summed E-state index contributed by atoms with van der Waals surface area (Å²) in [5, 5.41) is 0.931. The molecule has 0 N–H and O–H groups in total. The Balaban J connectivity index is 1.89. The predicted octanol–water partition coefficient (Wildman–Crippen LogP) is 8.02. The zero-order valence-corrected chi connectivity index (χ0v) is 20.4. The van der Waals surface area contributed by atoms with E-state index in [1.165, 1.54) is 44.2 Å². The Bertz CT molecular complexity index is 922. The van der Waals surface area contributed by atoms with Crippen LogP contribution in [0, 0.1) is 35.3 Å². The van der Waals surface area contributed by atoms with Gasteiger partial charge in [-0.15, -0.1) is 0 Å². The quantitative estimate of drug-likeness (QED) is 0.172. The number of benzene rings is 2. The van der Waals surface area contributed by atoms with E-state index < -0.39 is 11.6 Å². The fraction of sp³-hybridized carbons (Fsp3) is 0.429. The molecule has 0 unspecified atom stereocenters. The molecule has 0 aromatic heterocycles. The lowest BCUT2D eigenvalue weighted by Gasteiger charge is -2.06. The summed E-state index contributed by atoms with van der Waals surface area (Å²) >= 11 is 3.36. The highest BCUT2D eigenvalue weighted by atomic mass is 79.9. The van der Waals surface area contributed by atoms with Crippen LogP contribution in [0.3, 0.4) is 0 Å². The van der Waals surface area contributed by atoms with Gasteiger partial charge < -0.3 is 4.74 Å². The van der Waals surface area contributed by atoms with Gasteiger partial charge in [0.2, 0.25) is 0 Å². The molecule has 0 aliphatic heterocycles. The first-order valence-corrected chi connectivity index (χ1v) is 12.5. The van der Waals surface area contributed by atoms with E-state index >= 15 is 0 Å². The molecule has 0 saturated heterocycles. The minimum atomic E-state index is -0.693. The van der Waals surface area contributed by atoms with Crippen molar-refractivity contribution >= 4 is 15.9 Å². The van der Waals surface area contributed by atoms with Crippen molar-refractivity contribution in [3.63, 3.8) is 0 Å². The number of unbranched alkanes of at least 4 members (excludes halogenated alkanes) is 7. The van der Waals surface area contributed by atoms with Gasteiger partial charge in [-0.2, -0.15) is 0 Å². The van der Waals surface area contributed by atoms with Gasteiger partial charge in [0.1, 0.15) is 17.4 Å². The van der Waals surface area contributed by atoms with Crippen LogP contribution in [-0.2, 0) is 0 Å². The average Bonchev–Trinajstić information content (AvgIpc) is 2.78. The molecule has 0 aliphatic rings. The number of hydrogen-bond donors (Lipinski definition) is 0. The molecule has 2 rings (SSSR count). The summed E-state index contributed by atoms with van der Waals surface area (Å²) in [7, 11) is 0. The molecule has 0 atom stereocenters. The molecule has 170 valence electrons. The van der Waals surface area contributed by atoms with Gasteiger partial charge in [0.25, 0.3) is 0 Å². The molecular weight excluding hydrogens is 470 g/mol. The van der Waals surface area contributed by atoms with Crippen LogP contribution in [0.4, 0.5) is 8.78 Å². The van der Waals surface area contributed by atoms with Crippen LogP contribution in [0.5, 0.6) is 5.75 Å². The number of hydrogen-bond acceptors (Lipinski definition) is 1. The summed E-state index contributed by atoms with van der Waals surface area (Å²) in [5.41, 5.74) is 0.765. The lowest BCUT2D eigenvalue weighted by molar-refractivity contribution is 0.304. The predicted molar refractivity (Wildman–Crippen MR) is 132 cm³/mol. The van der Waals surface area contributed by atoms with Gasteiger partial charge in [0.15, 0.2) is 0 Å². The van der Waals surface area contributed by atoms with E-state index in [1.807, 2.05) is 12.1 Å². The second-order valence-electron chi connectivity index (χ2n) is 7.65. The topological polar surface area (TPSA) is 9.23 Å². The molecule has 0 radical (unpaired) electrons. The lowest BCUT2D eigenvalue weighted by atomic mass is 10.1. The first-order valence-electron chi connectivity index (χ1n) is 11.4. The summed E-state index contributed by atoms with van der Waals surface area (Å²) in [6.45, 7) is 2.91. The number of ether oxygens (including phenoxy) is 1. The van der Waals surface area contributed by atoms with Gasteiger partial charge in [-0.25, -0.2) is 8.78 Å². The Morgan fingerprint density at radius 1 is 0.781 bits per heavy atom. The Hall–Kier alpha value is -2.30. The first kappa shape index (κ1) is 26.0. The minimum Gasteiger partial charge on any atom is -0.494 e. The highest BCUT2D eigenvalue weighted by molar-refractivity contribution is 9.09. The molecule has 1 nitrogen and oxygen atoms in total. The zero-order valence-electron chi connectivity index (χ0n) is 18.8. The second kappa shape index (κ2) is 15.5. The van der Waals surface area contributed by atoms with Gasteiger partial charge >= 0.3 is 0 Å². The highest BCUT2D eigenvalue weighted by Gasteiger charge is 2.08.